The van der Waals surface area contributed by atoms with Gasteiger partial charge in [0.2, 0.25) is 5.91 Å². The van der Waals surface area contributed by atoms with Gasteiger partial charge in [0.15, 0.2) is 11.2 Å². The molecular weight excluding hydrogens is 448 g/mol. The molecule has 0 aliphatic carbocycles. The molecule has 0 radical (unpaired) electrons. The third-order valence-electron chi connectivity index (χ3n) is 5.38. The van der Waals surface area contributed by atoms with Gasteiger partial charge in [-0.1, -0.05) is 66.4 Å². The molecule has 0 unspecified atom stereocenters. The molecule has 170 valence electrons. The van der Waals surface area contributed by atoms with E-state index in [1.807, 2.05) is 79.7 Å². The molecule has 3 aromatic rings. The quantitative estimate of drug-likeness (QED) is 0.562. The maximum absolute atomic E-state index is 13.4. The van der Waals surface area contributed by atoms with E-state index < -0.39 is 6.04 Å². The van der Waals surface area contributed by atoms with Crippen LogP contribution < -0.4 is 10.1 Å². The molecule has 1 N–H and O–H groups in total. The minimum absolute atomic E-state index is 0.0779. The van der Waals surface area contributed by atoms with Crippen LogP contribution in [-0.4, -0.2) is 40.1 Å². The summed E-state index contributed by atoms with van der Waals surface area (Å²) in [4.78, 5) is 37.1. The first kappa shape index (κ1) is 21.9. The normalized spacial score (nSPS) is 16.3. The van der Waals surface area contributed by atoms with E-state index in [-0.39, 0.29) is 17.6 Å². The van der Waals surface area contributed by atoms with Crippen molar-refractivity contribution >= 4 is 46.0 Å². The molecule has 0 saturated carbocycles. The fraction of sp³-hybridized carbons (Fsp3) is 0.154. The van der Waals surface area contributed by atoms with E-state index in [2.05, 4.69) is 5.32 Å². The predicted octanol–water partition coefficient (Wildman–Crippen LogP) is 4.79. The van der Waals surface area contributed by atoms with E-state index in [1.54, 1.807) is 6.07 Å². The molecule has 8 heteroatoms. The van der Waals surface area contributed by atoms with Crippen LogP contribution in [0.2, 0.25) is 0 Å². The number of para-hydroxylation sites is 3. The fourth-order valence-corrected chi connectivity index (χ4v) is 4.67. The predicted molar refractivity (Wildman–Crippen MR) is 135 cm³/mol. The van der Waals surface area contributed by atoms with Gasteiger partial charge in [-0.25, -0.2) is 14.9 Å². The van der Waals surface area contributed by atoms with Crippen LogP contribution in [0, 0.1) is 0 Å². The lowest BCUT2D eigenvalue weighted by Gasteiger charge is -2.25. The van der Waals surface area contributed by atoms with Crippen molar-refractivity contribution in [1.82, 2.24) is 4.90 Å². The van der Waals surface area contributed by atoms with Crippen molar-refractivity contribution in [2.24, 2.45) is 9.98 Å². The number of amidine groups is 2. The van der Waals surface area contributed by atoms with Crippen molar-refractivity contribution in [3.63, 3.8) is 0 Å². The summed E-state index contributed by atoms with van der Waals surface area (Å²) in [5, 5.41) is 3.33. The van der Waals surface area contributed by atoms with Crippen molar-refractivity contribution in [2.75, 3.05) is 17.7 Å². The number of rotatable bonds is 6. The maximum Gasteiger partial charge on any atom is 0.263 e. The van der Waals surface area contributed by atoms with Crippen LogP contribution in [0.5, 0.6) is 5.75 Å². The van der Waals surface area contributed by atoms with Crippen molar-refractivity contribution < 1.29 is 14.3 Å². The van der Waals surface area contributed by atoms with E-state index in [4.69, 9.17) is 14.7 Å². The monoisotopic (exact) mass is 470 g/mol. The highest BCUT2D eigenvalue weighted by Crippen LogP contribution is 2.37. The fourth-order valence-electron chi connectivity index (χ4n) is 3.87. The number of amides is 2. The van der Waals surface area contributed by atoms with Gasteiger partial charge in [0.1, 0.15) is 11.6 Å². The third kappa shape index (κ3) is 4.20. The van der Waals surface area contributed by atoms with E-state index in [0.717, 1.165) is 16.8 Å². The summed E-state index contributed by atoms with van der Waals surface area (Å²) >= 11 is 1.21. The molecule has 2 aliphatic rings. The first-order valence-corrected chi connectivity index (χ1v) is 11.9. The minimum Gasteiger partial charge on any atom is -0.492 e. The number of fused-ring (bicyclic) bond motifs is 3. The Morgan fingerprint density at radius 2 is 1.76 bits per heavy atom. The lowest BCUT2D eigenvalue weighted by Crippen LogP contribution is -2.40. The number of benzene rings is 3. The molecule has 34 heavy (non-hydrogen) atoms. The van der Waals surface area contributed by atoms with Gasteiger partial charge in [-0.05, 0) is 36.8 Å². The van der Waals surface area contributed by atoms with Crippen molar-refractivity contribution in [1.29, 1.82) is 0 Å². The average molecular weight is 471 g/mol. The number of anilines is 1. The molecule has 5 rings (SSSR count). The second-order valence-corrected chi connectivity index (χ2v) is 8.56. The van der Waals surface area contributed by atoms with Crippen LogP contribution in [-0.2, 0) is 9.59 Å². The first-order chi connectivity index (χ1) is 16.7. The molecule has 2 aliphatic heterocycles. The molecule has 3 aromatic carbocycles. The average Bonchev–Trinajstić information content (AvgIpc) is 3.22. The second kappa shape index (κ2) is 9.52. The van der Waals surface area contributed by atoms with E-state index in [9.17, 15) is 9.59 Å². The van der Waals surface area contributed by atoms with Gasteiger partial charge in [-0.2, -0.15) is 0 Å². The number of ether oxygens (including phenoxy) is 1. The highest BCUT2D eigenvalue weighted by Gasteiger charge is 2.42. The highest BCUT2D eigenvalue weighted by molar-refractivity contribution is 8.14. The summed E-state index contributed by atoms with van der Waals surface area (Å²) in [7, 11) is 0. The third-order valence-corrected chi connectivity index (χ3v) is 6.32. The number of hydrogen-bond donors (Lipinski definition) is 1. The first-order valence-electron chi connectivity index (χ1n) is 10.9. The summed E-state index contributed by atoms with van der Waals surface area (Å²) in [5.74, 6) is 0.859. The molecular formula is C26H22N4O3S. The maximum atomic E-state index is 13.4. The highest BCUT2D eigenvalue weighted by atomic mass is 32.2. The molecule has 0 spiro atoms. The smallest absolute Gasteiger partial charge is 0.263 e. The molecule has 0 saturated heterocycles. The minimum atomic E-state index is -0.639. The van der Waals surface area contributed by atoms with Crippen LogP contribution >= 0.6 is 11.8 Å². The van der Waals surface area contributed by atoms with Crippen LogP contribution in [0.4, 0.5) is 11.4 Å². The number of nitrogens with zero attached hydrogens (tertiary/aromatic N) is 3. The topological polar surface area (TPSA) is 83.4 Å². The molecule has 1 atom stereocenters. The van der Waals surface area contributed by atoms with Crippen molar-refractivity contribution in [3.8, 4) is 5.75 Å². The zero-order valence-electron chi connectivity index (χ0n) is 18.5. The Bertz CT molecular complexity index is 1310. The summed E-state index contributed by atoms with van der Waals surface area (Å²) in [6.07, 6.45) is 0. The molecule has 2 amide bonds. The second-order valence-electron chi connectivity index (χ2n) is 7.62. The summed E-state index contributed by atoms with van der Waals surface area (Å²) in [6, 6.07) is 23.7. The molecule has 0 bridgehead atoms. The number of nitrogens with one attached hydrogen (secondary N) is 1. The largest absolute Gasteiger partial charge is 0.492 e. The number of hydrogen-bond acceptors (Lipinski definition) is 6. The molecule has 2 heterocycles. The SMILES string of the molecule is CCOc1ccccc1NC(=O)CSC1=Nc2ccccc2C2=N[C@@H](c3ccccc3)C(=O)N12. The van der Waals surface area contributed by atoms with Gasteiger partial charge in [-0.15, -0.1) is 0 Å². The Morgan fingerprint density at radius 1 is 1.03 bits per heavy atom. The lowest BCUT2D eigenvalue weighted by atomic mass is 10.1. The van der Waals surface area contributed by atoms with Gasteiger partial charge in [-0.3, -0.25) is 9.59 Å². The van der Waals surface area contributed by atoms with Gasteiger partial charge in [0.25, 0.3) is 5.91 Å². The zero-order valence-corrected chi connectivity index (χ0v) is 19.3. The number of carbonyl (C=O) groups excluding carboxylic acids is 2. The van der Waals surface area contributed by atoms with Crippen LogP contribution in [0.3, 0.4) is 0 Å². The Labute approximate surface area is 201 Å². The van der Waals surface area contributed by atoms with Crippen molar-refractivity contribution in [3.05, 3.63) is 90.0 Å². The van der Waals surface area contributed by atoms with E-state index in [1.165, 1.54) is 16.7 Å². The summed E-state index contributed by atoms with van der Waals surface area (Å²) in [6.45, 7) is 2.39. The van der Waals surface area contributed by atoms with Gasteiger partial charge >= 0.3 is 0 Å². The summed E-state index contributed by atoms with van der Waals surface area (Å²) < 4.78 is 5.58. The Kier molecular flexibility index (Phi) is 6.14. The van der Waals surface area contributed by atoms with Gasteiger partial charge in [0.05, 0.1) is 23.7 Å². The Morgan fingerprint density at radius 3 is 2.59 bits per heavy atom. The number of thioether (sulfide) groups is 1. The van der Waals surface area contributed by atoms with Gasteiger partial charge < -0.3 is 10.1 Å². The van der Waals surface area contributed by atoms with Crippen LogP contribution in [0.25, 0.3) is 0 Å². The van der Waals surface area contributed by atoms with Crippen LogP contribution in [0.15, 0.2) is 88.8 Å². The van der Waals surface area contributed by atoms with E-state index >= 15 is 0 Å². The number of aliphatic imine (C=N–C) groups is 2. The molecule has 0 fully saturated rings. The molecule has 0 aromatic heterocycles. The Balaban J connectivity index is 1.38. The Hall–Kier alpha value is -3.91. The lowest BCUT2D eigenvalue weighted by molar-refractivity contribution is -0.124. The van der Waals surface area contributed by atoms with Crippen molar-refractivity contribution in [2.45, 2.75) is 13.0 Å². The molecule has 7 nitrogen and oxygen atoms in total. The van der Waals surface area contributed by atoms with E-state index in [0.29, 0.717) is 29.0 Å². The zero-order chi connectivity index (χ0) is 23.5. The summed E-state index contributed by atoms with van der Waals surface area (Å²) in [5.41, 5.74) is 2.95. The van der Waals surface area contributed by atoms with Crippen LogP contribution in [0.1, 0.15) is 24.1 Å². The number of carbonyl (C=O) groups is 2. The van der Waals surface area contributed by atoms with Gasteiger partial charge in [0, 0.05) is 5.56 Å². The standard InChI is InChI=1S/C26H22N4O3S/c1-2-33-21-15-9-8-14-20(21)27-22(31)16-34-26-28-19-13-7-6-12-18(19)24-29-23(25(32)30(24)26)17-10-4-3-5-11-17/h3-15,23H,2,16H2,1H3,(H,27,31)/t23-/m0/s1.